The quantitative estimate of drug-likeness (QED) is 0.864. The molecule has 4 heteroatoms. The van der Waals surface area contributed by atoms with Gasteiger partial charge in [0.1, 0.15) is 0 Å². The molecule has 3 aliphatic rings. The monoisotopic (exact) mass is 296 g/mol. The van der Waals surface area contributed by atoms with Gasteiger partial charge in [0.15, 0.2) is 5.17 Å². The van der Waals surface area contributed by atoms with E-state index in [0.29, 0.717) is 11.6 Å². The molecule has 20 heavy (non-hydrogen) atoms. The highest BCUT2D eigenvalue weighted by atomic mass is 32.2. The number of rotatable bonds is 3. The minimum Gasteiger partial charge on any atom is -0.378 e. The molecule has 3 nitrogen and oxygen atoms in total. The maximum absolute atomic E-state index is 5.77. The van der Waals surface area contributed by atoms with Crippen LogP contribution in [0.3, 0.4) is 0 Å². The number of nitrogens with one attached hydrogen (secondary N) is 1. The van der Waals surface area contributed by atoms with Crippen molar-refractivity contribution in [1.29, 1.82) is 0 Å². The molecule has 0 amide bonds. The van der Waals surface area contributed by atoms with E-state index in [4.69, 9.17) is 9.73 Å². The summed E-state index contributed by atoms with van der Waals surface area (Å²) in [5.74, 6) is 2.09. The summed E-state index contributed by atoms with van der Waals surface area (Å²) in [4.78, 5) is 4.78. The van der Waals surface area contributed by atoms with Gasteiger partial charge in [0.05, 0.1) is 6.10 Å². The number of nitrogens with zero attached hydrogens (tertiary/aromatic N) is 1. The lowest BCUT2D eigenvalue weighted by Crippen LogP contribution is -2.47. The van der Waals surface area contributed by atoms with Crippen LogP contribution in [0.2, 0.25) is 0 Å². The van der Waals surface area contributed by atoms with Gasteiger partial charge in [0, 0.05) is 24.4 Å². The Bertz CT molecular complexity index is 354. The summed E-state index contributed by atoms with van der Waals surface area (Å²) in [6.45, 7) is 4.27. The smallest absolute Gasteiger partial charge is 0.157 e. The number of thioether (sulfide) groups is 1. The number of ether oxygens (including phenoxy) is 1. The third-order valence-corrected chi connectivity index (χ3v) is 6.13. The molecule has 0 aromatic heterocycles. The highest BCUT2D eigenvalue weighted by molar-refractivity contribution is 8.14. The molecule has 2 aliphatic heterocycles. The first-order chi connectivity index (χ1) is 9.76. The standard InChI is InChI=1S/C16H28N2OS/c1-13-5-4-8-16(11-13)12-20-15(18-16)17-9-7-14-6-2-3-10-19-14/h13-14H,2-12H2,1H3,(H,17,18). The first kappa shape index (κ1) is 14.7. The molecular weight excluding hydrogens is 268 g/mol. The summed E-state index contributed by atoms with van der Waals surface area (Å²) in [6, 6.07) is 0. The van der Waals surface area contributed by atoms with Crippen LogP contribution in [0, 0.1) is 5.92 Å². The molecule has 0 aromatic carbocycles. The molecular formula is C16H28N2OS. The van der Waals surface area contributed by atoms with Crippen molar-refractivity contribution in [3.63, 3.8) is 0 Å². The summed E-state index contributed by atoms with van der Waals surface area (Å²) in [5, 5.41) is 4.94. The Balaban J connectivity index is 1.45. The summed E-state index contributed by atoms with van der Waals surface area (Å²) in [7, 11) is 0. The molecule has 2 heterocycles. The van der Waals surface area contributed by atoms with Gasteiger partial charge < -0.3 is 10.1 Å². The van der Waals surface area contributed by atoms with Gasteiger partial charge in [0.25, 0.3) is 0 Å². The zero-order valence-corrected chi connectivity index (χ0v) is 13.5. The molecule has 0 radical (unpaired) electrons. The van der Waals surface area contributed by atoms with Crippen LogP contribution in [0.15, 0.2) is 4.99 Å². The largest absolute Gasteiger partial charge is 0.378 e. The normalized spacial score (nSPS) is 40.1. The zero-order chi connectivity index (χ0) is 13.8. The highest BCUT2D eigenvalue weighted by Gasteiger charge is 2.40. The van der Waals surface area contributed by atoms with E-state index in [2.05, 4.69) is 12.2 Å². The molecule has 2 saturated heterocycles. The van der Waals surface area contributed by atoms with E-state index in [9.17, 15) is 0 Å². The first-order valence-electron chi connectivity index (χ1n) is 8.33. The Hall–Kier alpha value is -0.220. The van der Waals surface area contributed by atoms with Crippen molar-refractivity contribution >= 4 is 16.9 Å². The van der Waals surface area contributed by atoms with E-state index in [-0.39, 0.29) is 0 Å². The SMILES string of the molecule is CC1CCCC2(CSC(=NCCC3CCCCO3)N2)C1. The predicted octanol–water partition coefficient (Wildman–Crippen LogP) is 3.59. The van der Waals surface area contributed by atoms with Gasteiger partial charge in [-0.2, -0.15) is 0 Å². The zero-order valence-electron chi connectivity index (χ0n) is 12.7. The Labute approximate surface area is 127 Å². The van der Waals surface area contributed by atoms with Gasteiger partial charge in [-0.1, -0.05) is 31.5 Å². The van der Waals surface area contributed by atoms with Crippen LogP contribution in [0.5, 0.6) is 0 Å². The van der Waals surface area contributed by atoms with Gasteiger partial charge in [-0.25, -0.2) is 0 Å². The van der Waals surface area contributed by atoms with Crippen molar-refractivity contribution in [2.24, 2.45) is 10.9 Å². The Morgan fingerprint density at radius 3 is 3.10 bits per heavy atom. The fourth-order valence-corrected chi connectivity index (χ4v) is 5.06. The van der Waals surface area contributed by atoms with Crippen LogP contribution in [0.4, 0.5) is 0 Å². The van der Waals surface area contributed by atoms with Crippen molar-refractivity contribution in [2.45, 2.75) is 69.9 Å². The fraction of sp³-hybridized carbons (Fsp3) is 0.938. The number of amidine groups is 1. The second-order valence-corrected chi connectivity index (χ2v) is 7.82. The van der Waals surface area contributed by atoms with Crippen LogP contribution in [0.25, 0.3) is 0 Å². The Morgan fingerprint density at radius 1 is 1.35 bits per heavy atom. The molecule has 3 atom stereocenters. The lowest BCUT2D eigenvalue weighted by Gasteiger charge is -2.36. The second-order valence-electron chi connectivity index (χ2n) is 6.86. The fourth-order valence-electron chi connectivity index (χ4n) is 3.84. The summed E-state index contributed by atoms with van der Waals surface area (Å²) < 4.78 is 5.77. The number of hydrogen-bond acceptors (Lipinski definition) is 3. The Kier molecular flexibility index (Phi) is 4.92. The molecule has 0 bridgehead atoms. The molecule has 1 aliphatic carbocycles. The van der Waals surface area contributed by atoms with Crippen molar-refractivity contribution in [3.05, 3.63) is 0 Å². The number of hydrogen-bond donors (Lipinski definition) is 1. The summed E-state index contributed by atoms with van der Waals surface area (Å²) >= 11 is 1.93. The third-order valence-electron chi connectivity index (χ3n) is 4.93. The average molecular weight is 296 g/mol. The number of aliphatic imine (C=N–C) groups is 1. The van der Waals surface area contributed by atoms with Gasteiger partial charge in [-0.05, 0) is 44.4 Å². The van der Waals surface area contributed by atoms with Gasteiger partial charge in [-0.15, -0.1) is 0 Å². The lowest BCUT2D eigenvalue weighted by atomic mass is 9.78. The molecule has 1 spiro atoms. The molecule has 1 saturated carbocycles. The van der Waals surface area contributed by atoms with Gasteiger partial charge in [0.2, 0.25) is 0 Å². The van der Waals surface area contributed by atoms with Crippen LogP contribution in [-0.4, -0.2) is 35.7 Å². The second kappa shape index (κ2) is 6.69. The summed E-state index contributed by atoms with van der Waals surface area (Å²) in [5.41, 5.74) is 0.364. The molecule has 3 rings (SSSR count). The van der Waals surface area contributed by atoms with E-state index in [1.807, 2.05) is 11.8 Å². The molecule has 1 N–H and O–H groups in total. The molecule has 114 valence electrons. The van der Waals surface area contributed by atoms with Crippen LogP contribution in [-0.2, 0) is 4.74 Å². The third kappa shape index (κ3) is 3.70. The predicted molar refractivity (Wildman–Crippen MR) is 86.5 cm³/mol. The topological polar surface area (TPSA) is 33.6 Å². The lowest BCUT2D eigenvalue weighted by molar-refractivity contribution is 0.0129. The van der Waals surface area contributed by atoms with Gasteiger partial charge >= 0.3 is 0 Å². The van der Waals surface area contributed by atoms with E-state index in [0.717, 1.165) is 25.5 Å². The molecule has 3 fully saturated rings. The van der Waals surface area contributed by atoms with Crippen molar-refractivity contribution < 1.29 is 4.74 Å². The first-order valence-corrected chi connectivity index (χ1v) is 9.31. The van der Waals surface area contributed by atoms with Crippen molar-refractivity contribution in [2.75, 3.05) is 18.9 Å². The summed E-state index contributed by atoms with van der Waals surface area (Å²) in [6.07, 6.45) is 10.8. The minimum absolute atomic E-state index is 0.364. The molecule has 0 aromatic rings. The van der Waals surface area contributed by atoms with E-state index < -0.39 is 0 Å². The van der Waals surface area contributed by atoms with Gasteiger partial charge in [-0.3, -0.25) is 4.99 Å². The van der Waals surface area contributed by atoms with Crippen LogP contribution >= 0.6 is 11.8 Å². The minimum atomic E-state index is 0.364. The maximum Gasteiger partial charge on any atom is 0.157 e. The van der Waals surface area contributed by atoms with E-state index in [1.54, 1.807) is 0 Å². The van der Waals surface area contributed by atoms with Crippen molar-refractivity contribution in [3.8, 4) is 0 Å². The average Bonchev–Trinajstić information content (AvgIpc) is 2.82. The highest BCUT2D eigenvalue weighted by Crippen LogP contribution is 2.38. The Morgan fingerprint density at radius 2 is 2.30 bits per heavy atom. The van der Waals surface area contributed by atoms with Crippen LogP contribution in [0.1, 0.15) is 58.3 Å². The van der Waals surface area contributed by atoms with E-state index >= 15 is 0 Å². The van der Waals surface area contributed by atoms with Crippen LogP contribution < -0.4 is 5.32 Å². The van der Waals surface area contributed by atoms with Crippen molar-refractivity contribution in [1.82, 2.24) is 5.32 Å². The molecule has 3 unspecified atom stereocenters. The van der Waals surface area contributed by atoms with E-state index in [1.165, 1.54) is 55.9 Å². The maximum atomic E-state index is 5.77.